The molecule has 5 nitrogen and oxygen atoms in total. The minimum Gasteiger partial charge on any atom is -0.496 e. The van der Waals surface area contributed by atoms with Crippen LogP contribution < -0.4 is 4.74 Å². The van der Waals surface area contributed by atoms with Gasteiger partial charge in [-0.25, -0.2) is 8.78 Å². The van der Waals surface area contributed by atoms with Gasteiger partial charge in [0.25, 0.3) is 10.1 Å². The van der Waals surface area contributed by atoms with Crippen molar-refractivity contribution in [3.05, 3.63) is 78.5 Å². The Hall–Kier alpha value is -3.36. The van der Waals surface area contributed by atoms with Crippen LogP contribution in [0.2, 0.25) is 0 Å². The third kappa shape index (κ3) is 3.62. The highest BCUT2D eigenvalue weighted by Crippen LogP contribution is 2.37. The Labute approximate surface area is 171 Å². The maximum Gasteiger partial charge on any atom is 0.297 e. The number of benzene rings is 3. The highest BCUT2D eigenvalue weighted by atomic mass is 32.2. The molecule has 1 heterocycles. The Bertz CT molecular complexity index is 1390. The molecule has 1 N–H and O–H groups in total. The van der Waals surface area contributed by atoms with Crippen LogP contribution in [-0.2, 0) is 10.1 Å². The second-order valence-corrected chi connectivity index (χ2v) is 7.95. The summed E-state index contributed by atoms with van der Waals surface area (Å²) in [5.41, 5.74) is 2.29. The maximum absolute atomic E-state index is 14.4. The van der Waals surface area contributed by atoms with Crippen molar-refractivity contribution in [1.82, 2.24) is 4.98 Å². The van der Waals surface area contributed by atoms with Crippen LogP contribution in [0.4, 0.5) is 8.78 Å². The summed E-state index contributed by atoms with van der Waals surface area (Å²) >= 11 is 0. The van der Waals surface area contributed by atoms with E-state index in [1.807, 2.05) is 0 Å². The topological polar surface area (TPSA) is 76.5 Å². The molecule has 0 bridgehead atoms. The molecule has 0 saturated carbocycles. The number of hydrogen-bond acceptors (Lipinski definition) is 4. The lowest BCUT2D eigenvalue weighted by Crippen LogP contribution is -2.02. The second kappa shape index (κ2) is 7.47. The molecular weight excluding hydrogens is 412 g/mol. The normalized spacial score (nSPS) is 11.6. The Morgan fingerprint density at radius 2 is 1.73 bits per heavy atom. The number of fused-ring (bicyclic) bond motifs is 1. The van der Waals surface area contributed by atoms with Crippen LogP contribution in [0.1, 0.15) is 0 Å². The van der Waals surface area contributed by atoms with Gasteiger partial charge in [0, 0.05) is 17.1 Å². The second-order valence-electron chi connectivity index (χ2n) is 6.56. The van der Waals surface area contributed by atoms with Crippen molar-refractivity contribution in [1.29, 1.82) is 0 Å². The van der Waals surface area contributed by atoms with E-state index in [2.05, 4.69) is 4.98 Å². The largest absolute Gasteiger partial charge is 0.496 e. The lowest BCUT2D eigenvalue weighted by molar-refractivity contribution is 0.416. The molecule has 0 amide bonds. The van der Waals surface area contributed by atoms with Crippen molar-refractivity contribution in [3.8, 4) is 28.1 Å². The molecular formula is C22H15F2NO4S. The lowest BCUT2D eigenvalue weighted by atomic mass is 9.99. The van der Waals surface area contributed by atoms with E-state index in [1.54, 1.807) is 30.3 Å². The number of methoxy groups -OCH3 is 1. The van der Waals surface area contributed by atoms with Crippen LogP contribution in [-0.4, -0.2) is 25.1 Å². The summed E-state index contributed by atoms with van der Waals surface area (Å²) in [6.45, 7) is 0. The molecule has 30 heavy (non-hydrogen) atoms. The predicted molar refractivity (Wildman–Crippen MR) is 109 cm³/mol. The number of ether oxygens (including phenoxy) is 1. The van der Waals surface area contributed by atoms with Crippen LogP contribution in [0.3, 0.4) is 0 Å². The lowest BCUT2D eigenvalue weighted by Gasteiger charge is -2.13. The van der Waals surface area contributed by atoms with Gasteiger partial charge in [-0.15, -0.1) is 0 Å². The zero-order chi connectivity index (χ0) is 21.5. The molecule has 0 unspecified atom stereocenters. The minimum atomic E-state index is -4.71. The van der Waals surface area contributed by atoms with E-state index in [0.29, 0.717) is 33.3 Å². The van der Waals surface area contributed by atoms with E-state index in [4.69, 9.17) is 4.74 Å². The first kappa shape index (κ1) is 19.9. The van der Waals surface area contributed by atoms with Gasteiger partial charge in [0.15, 0.2) is 0 Å². The zero-order valence-corrected chi connectivity index (χ0v) is 16.5. The zero-order valence-electron chi connectivity index (χ0n) is 15.6. The number of halogens is 2. The number of pyridine rings is 1. The number of nitrogens with zero attached hydrogens (tertiary/aromatic N) is 1. The van der Waals surface area contributed by atoms with Gasteiger partial charge in [-0.1, -0.05) is 18.2 Å². The molecule has 0 atom stereocenters. The first-order chi connectivity index (χ1) is 14.3. The van der Waals surface area contributed by atoms with E-state index >= 15 is 0 Å². The molecule has 152 valence electrons. The molecule has 1 aromatic heterocycles. The van der Waals surface area contributed by atoms with E-state index in [-0.39, 0.29) is 5.82 Å². The molecule has 0 saturated heterocycles. The Morgan fingerprint density at radius 3 is 2.43 bits per heavy atom. The van der Waals surface area contributed by atoms with E-state index in [1.165, 1.54) is 31.5 Å². The van der Waals surface area contributed by atoms with Crippen LogP contribution >= 0.6 is 0 Å². The Kier molecular flexibility index (Phi) is 4.97. The van der Waals surface area contributed by atoms with Crippen molar-refractivity contribution in [2.75, 3.05) is 7.11 Å². The summed E-state index contributed by atoms with van der Waals surface area (Å²) in [7, 11) is -3.24. The SMILES string of the molecule is COc1cc(-c2cccc(F)c2)ccc1-c1nccc2cc(S(=O)(=O)O)c(F)cc12. The third-order valence-corrected chi connectivity index (χ3v) is 5.58. The Morgan fingerprint density at radius 1 is 0.967 bits per heavy atom. The molecule has 4 rings (SSSR count). The minimum absolute atomic E-state index is 0.346. The molecule has 0 aliphatic heterocycles. The molecule has 0 fully saturated rings. The van der Waals surface area contributed by atoms with Gasteiger partial charge in [0.1, 0.15) is 22.3 Å². The summed E-state index contributed by atoms with van der Waals surface area (Å²) in [5, 5.41) is 0.726. The standard InChI is InChI=1S/C22H15F2NO4S/c1-29-20-10-14(13-3-2-4-16(23)9-13)5-6-17(20)22-18-12-19(24)21(30(26,27)28)11-15(18)7-8-25-22/h2-12H,1H3,(H,26,27,28). The van der Waals surface area contributed by atoms with Crippen LogP contribution in [0.25, 0.3) is 33.2 Å². The molecule has 0 aliphatic carbocycles. The van der Waals surface area contributed by atoms with Crippen molar-refractivity contribution in [3.63, 3.8) is 0 Å². The molecule has 8 heteroatoms. The molecule has 3 aromatic carbocycles. The summed E-state index contributed by atoms with van der Waals surface area (Å²) in [6, 6.07) is 14.9. The van der Waals surface area contributed by atoms with Crippen molar-refractivity contribution in [2.24, 2.45) is 0 Å². The number of rotatable bonds is 4. The van der Waals surface area contributed by atoms with Gasteiger partial charge in [0.05, 0.1) is 12.8 Å². The van der Waals surface area contributed by atoms with Gasteiger partial charge in [0.2, 0.25) is 0 Å². The monoisotopic (exact) mass is 427 g/mol. The molecule has 0 aliphatic rings. The fraction of sp³-hybridized carbons (Fsp3) is 0.0455. The first-order valence-electron chi connectivity index (χ1n) is 8.78. The molecule has 4 aromatic rings. The summed E-state index contributed by atoms with van der Waals surface area (Å²) in [6.07, 6.45) is 1.45. The van der Waals surface area contributed by atoms with Crippen LogP contribution in [0, 0.1) is 11.6 Å². The summed E-state index contributed by atoms with van der Waals surface area (Å²) < 4.78 is 65.5. The van der Waals surface area contributed by atoms with E-state index in [0.717, 1.165) is 17.7 Å². The van der Waals surface area contributed by atoms with Crippen molar-refractivity contribution in [2.45, 2.75) is 4.90 Å². The molecule has 0 spiro atoms. The maximum atomic E-state index is 14.4. The smallest absolute Gasteiger partial charge is 0.297 e. The number of aromatic nitrogens is 1. The average molecular weight is 427 g/mol. The fourth-order valence-electron chi connectivity index (χ4n) is 3.32. The first-order valence-corrected chi connectivity index (χ1v) is 10.2. The third-order valence-electron chi connectivity index (χ3n) is 4.71. The van der Waals surface area contributed by atoms with Crippen molar-refractivity contribution >= 4 is 20.9 Å². The summed E-state index contributed by atoms with van der Waals surface area (Å²) in [4.78, 5) is 3.51. The quantitative estimate of drug-likeness (QED) is 0.459. The fourth-order valence-corrected chi connectivity index (χ4v) is 3.90. The molecule has 0 radical (unpaired) electrons. The van der Waals surface area contributed by atoms with Crippen LogP contribution in [0.5, 0.6) is 5.75 Å². The van der Waals surface area contributed by atoms with Crippen LogP contribution in [0.15, 0.2) is 71.8 Å². The number of hydrogen-bond donors (Lipinski definition) is 1. The van der Waals surface area contributed by atoms with E-state index in [9.17, 15) is 21.8 Å². The Balaban J connectivity index is 1.91. The van der Waals surface area contributed by atoms with Gasteiger partial charge in [-0.3, -0.25) is 9.54 Å². The highest BCUT2D eigenvalue weighted by Gasteiger charge is 2.20. The van der Waals surface area contributed by atoms with E-state index < -0.39 is 20.8 Å². The predicted octanol–water partition coefficient (Wildman–Crippen LogP) is 5.10. The average Bonchev–Trinajstić information content (AvgIpc) is 2.71. The summed E-state index contributed by atoms with van der Waals surface area (Å²) in [5.74, 6) is -1.03. The van der Waals surface area contributed by atoms with Gasteiger partial charge in [-0.05, 0) is 59.0 Å². The van der Waals surface area contributed by atoms with Gasteiger partial charge in [-0.2, -0.15) is 8.42 Å². The highest BCUT2D eigenvalue weighted by molar-refractivity contribution is 7.85. The van der Waals surface area contributed by atoms with Gasteiger partial charge < -0.3 is 4.74 Å². The van der Waals surface area contributed by atoms with Crippen molar-refractivity contribution < 1.29 is 26.5 Å². The van der Waals surface area contributed by atoms with Gasteiger partial charge >= 0.3 is 0 Å².